The van der Waals surface area contributed by atoms with E-state index in [1.165, 1.54) is 11.3 Å². The van der Waals surface area contributed by atoms with Gasteiger partial charge in [0.2, 0.25) is 5.91 Å². The summed E-state index contributed by atoms with van der Waals surface area (Å²) >= 11 is 1.31. The Bertz CT molecular complexity index is 787. The van der Waals surface area contributed by atoms with Crippen molar-refractivity contribution in [2.24, 2.45) is 5.92 Å². The number of carbonyl (C=O) groups excluding carboxylic acids is 2. The predicted octanol–water partition coefficient (Wildman–Crippen LogP) is 3.33. The minimum Gasteiger partial charge on any atom is -0.481 e. The van der Waals surface area contributed by atoms with E-state index in [1.807, 2.05) is 13.8 Å². The largest absolute Gasteiger partial charge is 0.481 e. The molecule has 0 spiro atoms. The molecular weight excluding hydrogens is 352 g/mol. The average molecular weight is 374 g/mol. The molecule has 0 bridgehead atoms. The number of aliphatic carboxylic acids is 1. The Morgan fingerprint density at radius 1 is 1.08 bits per heavy atom. The topological polar surface area (TPSA) is 95.5 Å². The SMILES string of the molecule is CC(C(=O)O)c1cccc(NC(=O)C(NC(=O)c2cccs2)C(C)C)c1. The molecule has 2 rings (SSSR count). The van der Waals surface area contributed by atoms with Crippen molar-refractivity contribution in [3.05, 3.63) is 52.2 Å². The van der Waals surface area contributed by atoms with Gasteiger partial charge < -0.3 is 15.7 Å². The molecule has 6 nitrogen and oxygen atoms in total. The molecule has 2 unspecified atom stereocenters. The summed E-state index contributed by atoms with van der Waals surface area (Å²) < 4.78 is 0. The second-order valence-electron chi connectivity index (χ2n) is 6.35. The molecule has 0 saturated carbocycles. The van der Waals surface area contributed by atoms with E-state index < -0.39 is 17.9 Å². The maximum Gasteiger partial charge on any atom is 0.310 e. The Hall–Kier alpha value is -2.67. The van der Waals surface area contributed by atoms with Crippen LogP contribution >= 0.6 is 11.3 Å². The van der Waals surface area contributed by atoms with Crippen LogP contribution in [0.2, 0.25) is 0 Å². The molecule has 138 valence electrons. The summed E-state index contributed by atoms with van der Waals surface area (Å²) in [6.07, 6.45) is 0. The predicted molar refractivity (Wildman–Crippen MR) is 102 cm³/mol. The second-order valence-corrected chi connectivity index (χ2v) is 7.29. The average Bonchev–Trinajstić information content (AvgIpc) is 3.13. The molecule has 0 radical (unpaired) electrons. The molecule has 2 amide bonds. The van der Waals surface area contributed by atoms with E-state index in [-0.39, 0.29) is 17.7 Å². The van der Waals surface area contributed by atoms with Crippen LogP contribution in [0.15, 0.2) is 41.8 Å². The number of carboxylic acid groups (broad SMARTS) is 1. The fourth-order valence-electron chi connectivity index (χ4n) is 2.40. The van der Waals surface area contributed by atoms with E-state index in [4.69, 9.17) is 5.11 Å². The standard InChI is InChI=1S/C19H22N2O4S/c1-11(2)16(21-17(22)15-8-5-9-26-15)18(23)20-14-7-4-6-13(10-14)12(3)19(24)25/h4-12,16H,1-3H3,(H,20,23)(H,21,22)(H,24,25). The van der Waals surface area contributed by atoms with Crippen LogP contribution in [0.3, 0.4) is 0 Å². The first kappa shape index (κ1) is 19.7. The molecule has 26 heavy (non-hydrogen) atoms. The first-order valence-electron chi connectivity index (χ1n) is 8.27. The highest BCUT2D eigenvalue weighted by molar-refractivity contribution is 7.12. The number of benzene rings is 1. The summed E-state index contributed by atoms with van der Waals surface area (Å²) in [6, 6.07) is 9.49. The normalized spacial score (nSPS) is 13.1. The quantitative estimate of drug-likeness (QED) is 0.693. The number of amides is 2. The fourth-order valence-corrected chi connectivity index (χ4v) is 3.03. The van der Waals surface area contributed by atoms with Gasteiger partial charge in [0.1, 0.15) is 6.04 Å². The first-order valence-corrected chi connectivity index (χ1v) is 9.15. The van der Waals surface area contributed by atoms with Gasteiger partial charge in [0.05, 0.1) is 10.8 Å². The highest BCUT2D eigenvalue weighted by Crippen LogP contribution is 2.20. The van der Waals surface area contributed by atoms with Gasteiger partial charge >= 0.3 is 5.97 Å². The molecule has 0 aliphatic carbocycles. The minimum atomic E-state index is -0.934. The Morgan fingerprint density at radius 3 is 2.38 bits per heavy atom. The van der Waals surface area contributed by atoms with Crippen molar-refractivity contribution in [1.82, 2.24) is 5.32 Å². The van der Waals surface area contributed by atoms with Crippen molar-refractivity contribution < 1.29 is 19.5 Å². The lowest BCUT2D eigenvalue weighted by Gasteiger charge is -2.21. The van der Waals surface area contributed by atoms with E-state index >= 15 is 0 Å². The summed E-state index contributed by atoms with van der Waals surface area (Å²) in [6.45, 7) is 5.28. The van der Waals surface area contributed by atoms with Gasteiger partial charge in [0, 0.05) is 5.69 Å². The highest BCUT2D eigenvalue weighted by atomic mass is 32.1. The van der Waals surface area contributed by atoms with Crippen molar-refractivity contribution in [3.8, 4) is 0 Å². The Balaban J connectivity index is 2.11. The minimum absolute atomic E-state index is 0.111. The number of anilines is 1. The van der Waals surface area contributed by atoms with E-state index in [0.29, 0.717) is 16.1 Å². The Kier molecular flexibility index (Phi) is 6.52. The first-order chi connectivity index (χ1) is 12.3. The van der Waals surface area contributed by atoms with Crippen LogP contribution < -0.4 is 10.6 Å². The lowest BCUT2D eigenvalue weighted by Crippen LogP contribution is -2.46. The molecule has 2 aromatic rings. The van der Waals surface area contributed by atoms with Crippen LogP contribution in [0.4, 0.5) is 5.69 Å². The Morgan fingerprint density at radius 2 is 1.81 bits per heavy atom. The lowest BCUT2D eigenvalue weighted by atomic mass is 10.0. The van der Waals surface area contributed by atoms with Crippen LogP contribution in [0.5, 0.6) is 0 Å². The second kappa shape index (κ2) is 8.62. The zero-order chi connectivity index (χ0) is 19.3. The van der Waals surface area contributed by atoms with Crippen LogP contribution in [0.1, 0.15) is 41.9 Å². The molecule has 1 aromatic heterocycles. The van der Waals surface area contributed by atoms with Crippen LogP contribution in [0.25, 0.3) is 0 Å². The van der Waals surface area contributed by atoms with Gasteiger partial charge in [-0.3, -0.25) is 14.4 Å². The van der Waals surface area contributed by atoms with Crippen LogP contribution in [0, 0.1) is 5.92 Å². The molecule has 0 aliphatic rings. The molecule has 7 heteroatoms. The van der Waals surface area contributed by atoms with Gasteiger partial charge in [-0.25, -0.2) is 0 Å². The van der Waals surface area contributed by atoms with Gasteiger partial charge in [-0.05, 0) is 42.0 Å². The van der Waals surface area contributed by atoms with Crippen molar-refractivity contribution in [2.75, 3.05) is 5.32 Å². The van der Waals surface area contributed by atoms with Crippen molar-refractivity contribution in [3.63, 3.8) is 0 Å². The number of carbonyl (C=O) groups is 3. The number of carboxylic acids is 1. The van der Waals surface area contributed by atoms with Gasteiger partial charge in [0.15, 0.2) is 0 Å². The molecule has 0 aliphatic heterocycles. The van der Waals surface area contributed by atoms with Crippen LogP contribution in [-0.4, -0.2) is 28.9 Å². The molecule has 1 heterocycles. The number of rotatable bonds is 7. The van der Waals surface area contributed by atoms with Gasteiger partial charge in [0.25, 0.3) is 5.91 Å². The molecular formula is C19H22N2O4S. The van der Waals surface area contributed by atoms with Crippen molar-refractivity contribution in [2.45, 2.75) is 32.7 Å². The molecule has 0 fully saturated rings. The van der Waals surface area contributed by atoms with E-state index in [0.717, 1.165) is 0 Å². The number of hydrogen-bond donors (Lipinski definition) is 3. The maximum atomic E-state index is 12.6. The van der Waals surface area contributed by atoms with E-state index in [9.17, 15) is 14.4 Å². The van der Waals surface area contributed by atoms with E-state index in [1.54, 1.807) is 48.7 Å². The third-order valence-electron chi connectivity index (χ3n) is 4.01. The third kappa shape index (κ3) is 4.92. The summed E-state index contributed by atoms with van der Waals surface area (Å²) in [5.41, 5.74) is 1.09. The lowest BCUT2D eigenvalue weighted by molar-refractivity contribution is -0.138. The smallest absolute Gasteiger partial charge is 0.310 e. The third-order valence-corrected chi connectivity index (χ3v) is 4.87. The van der Waals surface area contributed by atoms with Crippen molar-refractivity contribution in [1.29, 1.82) is 0 Å². The van der Waals surface area contributed by atoms with Gasteiger partial charge in [-0.2, -0.15) is 0 Å². The number of hydrogen-bond acceptors (Lipinski definition) is 4. The van der Waals surface area contributed by atoms with Gasteiger partial charge in [-0.1, -0.05) is 32.0 Å². The molecule has 3 N–H and O–H groups in total. The summed E-state index contributed by atoms with van der Waals surface area (Å²) in [7, 11) is 0. The zero-order valence-corrected chi connectivity index (χ0v) is 15.7. The Labute approximate surface area is 156 Å². The molecule has 2 atom stereocenters. The monoisotopic (exact) mass is 374 g/mol. The zero-order valence-electron chi connectivity index (χ0n) is 14.9. The summed E-state index contributed by atoms with van der Waals surface area (Å²) in [4.78, 5) is 36.6. The maximum absolute atomic E-state index is 12.6. The van der Waals surface area contributed by atoms with Gasteiger partial charge in [-0.15, -0.1) is 11.3 Å². The highest BCUT2D eigenvalue weighted by Gasteiger charge is 2.25. The number of nitrogens with one attached hydrogen (secondary N) is 2. The summed E-state index contributed by atoms with van der Waals surface area (Å²) in [5, 5.41) is 16.4. The van der Waals surface area contributed by atoms with Crippen molar-refractivity contribution >= 4 is 34.8 Å². The summed E-state index contributed by atoms with van der Waals surface area (Å²) in [5.74, 6) is -2.35. The van der Waals surface area contributed by atoms with E-state index in [2.05, 4.69) is 10.6 Å². The fraction of sp³-hybridized carbons (Fsp3) is 0.316. The van der Waals surface area contributed by atoms with Crippen LogP contribution in [-0.2, 0) is 9.59 Å². The molecule has 0 saturated heterocycles. The number of thiophene rings is 1. The molecule has 1 aromatic carbocycles.